The van der Waals surface area contributed by atoms with Crippen LogP contribution < -0.4 is 14.8 Å². The molecule has 2 bridgehead atoms. The molecule has 0 spiro atoms. The van der Waals surface area contributed by atoms with Crippen LogP contribution in [0.3, 0.4) is 0 Å². The van der Waals surface area contributed by atoms with Gasteiger partial charge in [0, 0.05) is 12.0 Å². The van der Waals surface area contributed by atoms with E-state index in [1.807, 2.05) is 25.1 Å². The maximum atomic E-state index is 13.2. The van der Waals surface area contributed by atoms with Crippen molar-refractivity contribution in [3.8, 4) is 11.5 Å². The normalized spacial score (nSPS) is 31.0. The SMILES string of the molecule is COc1ccc(CCNC(=O)C23CCC(C)(C(=O)C2Br)C3(C)C)cc1OC. The number of amides is 1. The highest BCUT2D eigenvalue weighted by Crippen LogP contribution is 2.72. The maximum absolute atomic E-state index is 13.2. The highest BCUT2D eigenvalue weighted by atomic mass is 79.9. The van der Waals surface area contributed by atoms with Crippen molar-refractivity contribution in [3.63, 3.8) is 0 Å². The lowest BCUT2D eigenvalue weighted by atomic mass is 9.64. The number of halogens is 1. The zero-order valence-electron chi connectivity index (χ0n) is 16.6. The van der Waals surface area contributed by atoms with Gasteiger partial charge in [0.15, 0.2) is 17.3 Å². The van der Waals surface area contributed by atoms with Gasteiger partial charge in [-0.1, -0.05) is 42.8 Å². The minimum Gasteiger partial charge on any atom is -0.493 e. The third kappa shape index (κ3) is 2.63. The molecular formula is C21H28BrNO4. The summed E-state index contributed by atoms with van der Waals surface area (Å²) in [4.78, 5) is 25.6. The van der Waals surface area contributed by atoms with Gasteiger partial charge in [0.25, 0.3) is 0 Å². The van der Waals surface area contributed by atoms with E-state index in [-0.39, 0.29) is 17.1 Å². The Bertz CT molecular complexity index is 777. The molecule has 2 aliphatic rings. The number of alkyl halides is 1. The molecule has 27 heavy (non-hydrogen) atoms. The molecule has 3 rings (SSSR count). The third-order valence-corrected chi connectivity index (χ3v) is 8.47. The van der Waals surface area contributed by atoms with Gasteiger partial charge in [-0.3, -0.25) is 9.59 Å². The molecule has 1 N–H and O–H groups in total. The van der Waals surface area contributed by atoms with Crippen LogP contribution in [0.4, 0.5) is 0 Å². The smallest absolute Gasteiger partial charge is 0.228 e. The molecule has 3 unspecified atom stereocenters. The number of carbonyl (C=O) groups is 2. The Morgan fingerprint density at radius 2 is 1.85 bits per heavy atom. The first kappa shape index (κ1) is 20.2. The van der Waals surface area contributed by atoms with Crippen molar-refractivity contribution in [1.82, 2.24) is 5.32 Å². The molecule has 0 aromatic heterocycles. The van der Waals surface area contributed by atoms with Crippen molar-refractivity contribution >= 4 is 27.6 Å². The lowest BCUT2D eigenvalue weighted by molar-refractivity contribution is -0.135. The second-order valence-electron chi connectivity index (χ2n) is 8.35. The maximum Gasteiger partial charge on any atom is 0.228 e. The molecule has 2 aliphatic carbocycles. The number of rotatable bonds is 6. The minimum atomic E-state index is -0.684. The van der Waals surface area contributed by atoms with Crippen molar-refractivity contribution in [1.29, 1.82) is 0 Å². The highest BCUT2D eigenvalue weighted by molar-refractivity contribution is 9.10. The predicted molar refractivity (Wildman–Crippen MR) is 108 cm³/mol. The summed E-state index contributed by atoms with van der Waals surface area (Å²) < 4.78 is 10.6. The molecule has 2 fully saturated rings. The zero-order chi connectivity index (χ0) is 20.0. The number of ketones is 1. The monoisotopic (exact) mass is 437 g/mol. The topological polar surface area (TPSA) is 64.6 Å². The van der Waals surface area contributed by atoms with Crippen molar-refractivity contribution in [2.45, 2.75) is 44.9 Å². The molecule has 0 heterocycles. The van der Waals surface area contributed by atoms with E-state index < -0.39 is 15.7 Å². The van der Waals surface area contributed by atoms with Crippen LogP contribution in [0.2, 0.25) is 0 Å². The highest BCUT2D eigenvalue weighted by Gasteiger charge is 2.76. The van der Waals surface area contributed by atoms with E-state index in [4.69, 9.17) is 9.47 Å². The summed E-state index contributed by atoms with van der Waals surface area (Å²) >= 11 is 3.56. The molecule has 0 radical (unpaired) electrons. The van der Waals surface area contributed by atoms with E-state index in [1.165, 1.54) is 0 Å². The van der Waals surface area contributed by atoms with Gasteiger partial charge in [0.05, 0.1) is 24.5 Å². The van der Waals surface area contributed by atoms with Crippen LogP contribution in [0, 0.1) is 16.2 Å². The molecule has 0 aliphatic heterocycles. The molecule has 1 amide bonds. The van der Waals surface area contributed by atoms with E-state index in [1.54, 1.807) is 14.2 Å². The first-order valence-electron chi connectivity index (χ1n) is 9.33. The molecule has 0 saturated heterocycles. The Kier molecular flexibility index (Phi) is 5.08. The predicted octanol–water partition coefficient (Wildman–Crippen LogP) is 3.52. The van der Waals surface area contributed by atoms with Gasteiger partial charge in [-0.05, 0) is 42.4 Å². The number of benzene rings is 1. The molecule has 5 nitrogen and oxygen atoms in total. The fourth-order valence-electron chi connectivity index (χ4n) is 4.97. The number of hydrogen-bond donors (Lipinski definition) is 1. The molecule has 2 saturated carbocycles. The minimum absolute atomic E-state index is 0.0237. The standard InChI is InChI=1S/C21H28BrNO4/c1-19(2)20(3)9-10-21(19,16(22)17(20)24)18(25)23-11-8-13-6-7-14(26-4)15(12-13)27-5/h6-7,12,16H,8-11H2,1-5H3,(H,23,25). The second-order valence-corrected chi connectivity index (χ2v) is 9.27. The number of ether oxygens (including phenoxy) is 2. The van der Waals surface area contributed by atoms with Crippen LogP contribution in [0.1, 0.15) is 39.2 Å². The Balaban J connectivity index is 1.71. The van der Waals surface area contributed by atoms with E-state index in [0.29, 0.717) is 24.5 Å². The summed E-state index contributed by atoms with van der Waals surface area (Å²) in [6.07, 6.45) is 2.19. The first-order chi connectivity index (χ1) is 12.7. The van der Waals surface area contributed by atoms with Crippen LogP contribution in [-0.2, 0) is 16.0 Å². The van der Waals surface area contributed by atoms with Gasteiger partial charge in [-0.15, -0.1) is 0 Å². The van der Waals surface area contributed by atoms with Crippen molar-refractivity contribution in [2.24, 2.45) is 16.2 Å². The molecule has 148 valence electrons. The van der Waals surface area contributed by atoms with E-state index in [9.17, 15) is 9.59 Å². The number of Topliss-reactive ketones (excluding diaryl/α,β-unsaturated/α-hetero) is 1. The quantitative estimate of drug-likeness (QED) is 0.691. The number of carbonyl (C=O) groups excluding carboxylic acids is 2. The fraction of sp³-hybridized carbons (Fsp3) is 0.619. The second kappa shape index (κ2) is 6.80. The van der Waals surface area contributed by atoms with Gasteiger partial charge in [-0.25, -0.2) is 0 Å². The summed E-state index contributed by atoms with van der Waals surface area (Å²) in [6, 6.07) is 5.76. The number of fused-ring (bicyclic) bond motifs is 2. The largest absolute Gasteiger partial charge is 0.493 e. The van der Waals surface area contributed by atoms with Crippen molar-refractivity contribution in [2.75, 3.05) is 20.8 Å². The van der Waals surface area contributed by atoms with Crippen LogP contribution >= 0.6 is 15.9 Å². The van der Waals surface area contributed by atoms with Crippen LogP contribution in [-0.4, -0.2) is 37.3 Å². The van der Waals surface area contributed by atoms with Gasteiger partial charge in [0.1, 0.15) is 0 Å². The number of methoxy groups -OCH3 is 2. The van der Waals surface area contributed by atoms with Crippen molar-refractivity contribution in [3.05, 3.63) is 23.8 Å². The Labute approximate surface area is 169 Å². The van der Waals surface area contributed by atoms with Crippen LogP contribution in [0.25, 0.3) is 0 Å². The van der Waals surface area contributed by atoms with Gasteiger partial charge < -0.3 is 14.8 Å². The van der Waals surface area contributed by atoms with Crippen molar-refractivity contribution < 1.29 is 19.1 Å². The molecule has 1 aromatic carbocycles. The lowest BCUT2D eigenvalue weighted by Gasteiger charge is -2.39. The van der Waals surface area contributed by atoms with Crippen LogP contribution in [0.15, 0.2) is 18.2 Å². The molecule has 3 atom stereocenters. The van der Waals surface area contributed by atoms with E-state index >= 15 is 0 Å². The summed E-state index contributed by atoms with van der Waals surface area (Å²) in [6.45, 7) is 6.65. The summed E-state index contributed by atoms with van der Waals surface area (Å²) in [7, 11) is 3.21. The van der Waals surface area contributed by atoms with E-state index in [0.717, 1.165) is 18.4 Å². The number of nitrogens with one attached hydrogen (secondary N) is 1. The third-order valence-electron chi connectivity index (χ3n) is 7.27. The number of hydrogen-bond acceptors (Lipinski definition) is 4. The summed E-state index contributed by atoms with van der Waals surface area (Å²) in [5.41, 5.74) is -0.449. The van der Waals surface area contributed by atoms with Crippen LogP contribution in [0.5, 0.6) is 11.5 Å². The molecular weight excluding hydrogens is 410 g/mol. The van der Waals surface area contributed by atoms with Gasteiger partial charge in [0.2, 0.25) is 5.91 Å². The van der Waals surface area contributed by atoms with E-state index in [2.05, 4.69) is 35.1 Å². The zero-order valence-corrected chi connectivity index (χ0v) is 18.2. The summed E-state index contributed by atoms with van der Waals surface area (Å²) in [5, 5.41) is 3.09. The van der Waals surface area contributed by atoms with Gasteiger partial charge >= 0.3 is 0 Å². The average Bonchev–Trinajstić information content (AvgIpc) is 2.93. The first-order valence-corrected chi connectivity index (χ1v) is 10.2. The Morgan fingerprint density at radius 1 is 1.19 bits per heavy atom. The fourth-order valence-corrected chi connectivity index (χ4v) is 6.48. The summed E-state index contributed by atoms with van der Waals surface area (Å²) in [5.74, 6) is 1.50. The van der Waals surface area contributed by atoms with Gasteiger partial charge in [-0.2, -0.15) is 0 Å². The lowest BCUT2D eigenvalue weighted by Crippen LogP contribution is -2.51. The Hall–Kier alpha value is -1.56. The molecule has 1 aromatic rings. The Morgan fingerprint density at radius 3 is 2.41 bits per heavy atom. The average molecular weight is 438 g/mol. The molecule has 6 heteroatoms.